The van der Waals surface area contributed by atoms with Gasteiger partial charge in [0.15, 0.2) is 0 Å². The average Bonchev–Trinajstić information content (AvgIpc) is 3.36. The quantitative estimate of drug-likeness (QED) is 0.0935. The fraction of sp³-hybridized carbons (Fsp3) is 0.767. The van der Waals surface area contributed by atoms with Gasteiger partial charge < -0.3 is 15.4 Å². The highest BCUT2D eigenvalue weighted by Crippen LogP contribution is 2.39. The Hall–Kier alpha value is -0.820. The molecule has 1 aromatic rings. The molecule has 1 rings (SSSR count). The number of unbranched alkanes of at least 4 members (excludes halogenated alkanes) is 8. The maximum atomic E-state index is 13.2. The van der Waals surface area contributed by atoms with Gasteiger partial charge >= 0.3 is 0 Å². The number of carbonyl (C=O) groups excluding carboxylic acids is 1. The van der Waals surface area contributed by atoms with E-state index in [1.165, 1.54) is 81.9 Å². The molecule has 0 aromatic carbocycles. The lowest BCUT2D eigenvalue weighted by atomic mass is 9.93. The smallest absolute Gasteiger partial charge is 0.228 e. The number of hydrogen-bond donors (Lipinski definition) is 2. The molecule has 0 aliphatic heterocycles. The third-order valence-corrected chi connectivity index (χ3v) is 9.30. The normalized spacial score (nSPS) is 14.9. The zero-order chi connectivity index (χ0) is 27.0. The number of ether oxygens (including phenoxy) is 1. The number of thiol groups is 1. The van der Waals surface area contributed by atoms with E-state index in [9.17, 15) is 4.79 Å². The third-order valence-electron chi connectivity index (χ3n) is 7.41. The van der Waals surface area contributed by atoms with Gasteiger partial charge in [0.25, 0.3) is 0 Å². The van der Waals surface area contributed by atoms with E-state index in [1.54, 1.807) is 18.4 Å². The summed E-state index contributed by atoms with van der Waals surface area (Å²) in [5, 5.41) is 0. The van der Waals surface area contributed by atoms with Crippen LogP contribution in [0, 0.1) is 5.92 Å². The van der Waals surface area contributed by atoms with Crippen molar-refractivity contribution in [3.05, 3.63) is 28.5 Å². The van der Waals surface area contributed by atoms with Crippen molar-refractivity contribution in [2.75, 3.05) is 20.2 Å². The maximum absolute atomic E-state index is 13.2. The zero-order valence-corrected chi connectivity index (χ0v) is 25.5. The summed E-state index contributed by atoms with van der Waals surface area (Å²) in [6, 6.07) is 4.21. The molecule has 1 aromatic heterocycles. The molecule has 0 bridgehead atoms. The minimum atomic E-state index is -0.556. The van der Waals surface area contributed by atoms with E-state index in [0.29, 0.717) is 18.9 Å². The highest BCUT2D eigenvalue weighted by molar-refractivity contribution is 7.81. The van der Waals surface area contributed by atoms with E-state index >= 15 is 0 Å². The SMILES string of the molecule is C=C(c1ccc([C@@H](C)C(C)(S)OC)s1)N(CC(CCCCCC)CCCCCCCC)C(=O)CCN. The Kier molecular flexibility index (Phi) is 17.0. The average molecular weight is 539 g/mol. The molecular formula is C30H54N2O2S2. The molecule has 0 aliphatic rings. The monoisotopic (exact) mass is 538 g/mol. The Morgan fingerprint density at radius 2 is 1.64 bits per heavy atom. The van der Waals surface area contributed by atoms with Gasteiger partial charge in [-0.15, -0.1) is 24.0 Å². The topological polar surface area (TPSA) is 55.6 Å². The predicted octanol–water partition coefficient (Wildman–Crippen LogP) is 8.63. The second-order valence-electron chi connectivity index (χ2n) is 10.4. The lowest BCUT2D eigenvalue weighted by Crippen LogP contribution is -2.35. The molecule has 0 saturated heterocycles. The van der Waals surface area contributed by atoms with E-state index in [2.05, 4.69) is 39.5 Å². The maximum Gasteiger partial charge on any atom is 0.228 e. The van der Waals surface area contributed by atoms with Crippen molar-refractivity contribution in [1.29, 1.82) is 0 Å². The summed E-state index contributed by atoms with van der Waals surface area (Å²) < 4.78 is 5.59. The molecular weight excluding hydrogens is 484 g/mol. The minimum absolute atomic E-state index is 0.0860. The van der Waals surface area contributed by atoms with Crippen LogP contribution in [0.2, 0.25) is 0 Å². The summed E-state index contributed by atoms with van der Waals surface area (Å²) in [7, 11) is 1.69. The van der Waals surface area contributed by atoms with Gasteiger partial charge in [0.2, 0.25) is 5.91 Å². The molecule has 0 spiro atoms. The zero-order valence-electron chi connectivity index (χ0n) is 23.8. The number of hydrogen-bond acceptors (Lipinski definition) is 5. The van der Waals surface area contributed by atoms with Crippen LogP contribution in [0.5, 0.6) is 0 Å². The van der Waals surface area contributed by atoms with Crippen LogP contribution in [0.15, 0.2) is 18.7 Å². The van der Waals surface area contributed by atoms with Crippen molar-refractivity contribution >= 4 is 35.6 Å². The van der Waals surface area contributed by atoms with Crippen LogP contribution in [0.25, 0.3) is 5.70 Å². The number of methoxy groups -OCH3 is 1. The molecule has 1 amide bonds. The molecule has 2 N–H and O–H groups in total. The van der Waals surface area contributed by atoms with E-state index < -0.39 is 4.93 Å². The first-order valence-corrected chi connectivity index (χ1v) is 15.5. The van der Waals surface area contributed by atoms with Crippen LogP contribution in [-0.4, -0.2) is 35.9 Å². The Bertz CT molecular complexity index is 747. The fourth-order valence-corrected chi connectivity index (χ4v) is 5.98. The van der Waals surface area contributed by atoms with Crippen LogP contribution in [0.1, 0.15) is 127 Å². The van der Waals surface area contributed by atoms with Crippen molar-refractivity contribution in [2.45, 2.75) is 122 Å². The number of rotatable bonds is 21. The van der Waals surface area contributed by atoms with Crippen LogP contribution in [0.3, 0.4) is 0 Å². The first-order valence-electron chi connectivity index (χ1n) is 14.3. The van der Waals surface area contributed by atoms with E-state index in [-0.39, 0.29) is 11.8 Å². The molecule has 1 heterocycles. The van der Waals surface area contributed by atoms with Crippen molar-refractivity contribution in [3.63, 3.8) is 0 Å². The minimum Gasteiger partial charge on any atom is -0.367 e. The fourth-order valence-electron chi connectivity index (χ4n) is 4.59. The number of nitrogens with two attached hydrogens (primary N) is 1. The van der Waals surface area contributed by atoms with Gasteiger partial charge in [0, 0.05) is 37.4 Å². The van der Waals surface area contributed by atoms with Crippen molar-refractivity contribution in [2.24, 2.45) is 11.7 Å². The predicted molar refractivity (Wildman–Crippen MR) is 162 cm³/mol. The molecule has 0 fully saturated rings. The van der Waals surface area contributed by atoms with Gasteiger partial charge in [-0.05, 0) is 37.8 Å². The molecule has 0 radical (unpaired) electrons. The lowest BCUT2D eigenvalue weighted by molar-refractivity contribution is -0.128. The molecule has 4 nitrogen and oxygen atoms in total. The van der Waals surface area contributed by atoms with Crippen LogP contribution in [-0.2, 0) is 9.53 Å². The number of nitrogens with zero attached hydrogens (tertiary/aromatic N) is 1. The summed E-state index contributed by atoms with van der Waals surface area (Å²) in [6.07, 6.45) is 15.5. The summed E-state index contributed by atoms with van der Waals surface area (Å²) in [5.41, 5.74) is 6.60. The Morgan fingerprint density at radius 3 is 2.19 bits per heavy atom. The largest absolute Gasteiger partial charge is 0.367 e. The van der Waals surface area contributed by atoms with Crippen molar-refractivity contribution in [3.8, 4) is 0 Å². The van der Waals surface area contributed by atoms with Gasteiger partial charge in [-0.2, -0.15) is 0 Å². The second kappa shape index (κ2) is 18.4. The van der Waals surface area contributed by atoms with Crippen LogP contribution >= 0.6 is 24.0 Å². The molecule has 3 atom stereocenters. The van der Waals surface area contributed by atoms with Crippen LogP contribution in [0.4, 0.5) is 0 Å². The van der Waals surface area contributed by atoms with Gasteiger partial charge in [0.05, 0.1) is 10.6 Å². The Balaban J connectivity index is 2.98. The van der Waals surface area contributed by atoms with Crippen molar-refractivity contribution < 1.29 is 9.53 Å². The summed E-state index contributed by atoms with van der Waals surface area (Å²) >= 11 is 6.37. The van der Waals surface area contributed by atoms with Crippen LogP contribution < -0.4 is 5.73 Å². The molecule has 6 heteroatoms. The summed E-state index contributed by atoms with van der Waals surface area (Å²) in [4.78, 5) is 16.8. The summed E-state index contributed by atoms with van der Waals surface area (Å²) in [6.45, 7) is 14.1. The van der Waals surface area contributed by atoms with Gasteiger partial charge in [0.1, 0.15) is 4.93 Å². The van der Waals surface area contributed by atoms with Crippen molar-refractivity contribution in [1.82, 2.24) is 4.90 Å². The van der Waals surface area contributed by atoms with E-state index in [4.69, 9.17) is 23.1 Å². The number of thiophene rings is 1. The highest BCUT2D eigenvalue weighted by atomic mass is 32.1. The first-order chi connectivity index (χ1) is 17.2. The molecule has 36 heavy (non-hydrogen) atoms. The van der Waals surface area contributed by atoms with Gasteiger partial charge in [-0.25, -0.2) is 0 Å². The Labute approximate surface area is 231 Å². The number of carbonyl (C=O) groups is 1. The van der Waals surface area contributed by atoms with Gasteiger partial charge in [-0.3, -0.25) is 4.79 Å². The van der Waals surface area contributed by atoms with Gasteiger partial charge in [-0.1, -0.05) is 91.6 Å². The molecule has 0 saturated carbocycles. The third kappa shape index (κ3) is 11.7. The molecule has 208 valence electrons. The number of amides is 1. The summed E-state index contributed by atoms with van der Waals surface area (Å²) in [5.74, 6) is 0.701. The standard InChI is InChI=1S/C30H54N2O2S2/c1-7-9-11-13-14-16-18-26(17-15-12-10-8-2)23-32(29(33)21-22-31)25(4)28-20-19-27(36-28)24(3)30(5,35)34-6/h19-20,24,26,35H,4,7-18,21-23,31H2,1-3,5-6H3/t24-,26?,30?/m1/s1. The molecule has 0 aliphatic carbocycles. The second-order valence-corrected chi connectivity index (χ2v) is 12.4. The molecule has 2 unspecified atom stereocenters. The highest BCUT2D eigenvalue weighted by Gasteiger charge is 2.30. The van der Waals surface area contributed by atoms with E-state index in [1.807, 2.05) is 11.8 Å². The lowest BCUT2D eigenvalue weighted by Gasteiger charge is -2.30. The Morgan fingerprint density at radius 1 is 1.08 bits per heavy atom. The first kappa shape index (κ1) is 33.2. The van der Waals surface area contributed by atoms with E-state index in [0.717, 1.165) is 17.1 Å².